The number of carbonyl (C=O) groups is 3. The molecule has 3 aromatic carbocycles. The number of esters is 1. The molecule has 0 fully saturated rings. The highest BCUT2D eigenvalue weighted by atomic mass is 16.6. The maximum absolute atomic E-state index is 12.5. The number of ether oxygens (including phenoxy) is 1. The van der Waals surface area contributed by atoms with E-state index >= 15 is 0 Å². The molecule has 3 rings (SSSR count). The van der Waals surface area contributed by atoms with E-state index in [1.807, 2.05) is 13.0 Å². The summed E-state index contributed by atoms with van der Waals surface area (Å²) in [5, 5.41) is 17.4. The number of hydrogen-bond donors (Lipinski definition) is 2. The Morgan fingerprint density at radius 3 is 2.41 bits per heavy atom. The molecule has 0 bridgehead atoms. The van der Waals surface area contributed by atoms with E-state index in [1.54, 1.807) is 37.3 Å². The van der Waals surface area contributed by atoms with Gasteiger partial charge in [-0.1, -0.05) is 42.0 Å². The smallest absolute Gasteiger partial charge is 0.350 e. The van der Waals surface area contributed by atoms with Crippen molar-refractivity contribution < 1.29 is 24.0 Å². The van der Waals surface area contributed by atoms with Crippen LogP contribution >= 0.6 is 0 Å². The molecule has 0 aromatic heterocycles. The van der Waals surface area contributed by atoms with Gasteiger partial charge >= 0.3 is 17.8 Å². The van der Waals surface area contributed by atoms with E-state index in [0.29, 0.717) is 11.3 Å². The standard InChI is InChI=1S/C24H20N4O6/c1-15-11-12-19(16(2)13-15)26-22(29)23(30)27-25-14-17-7-3-6-10-21(17)34-24(31)18-8-4-5-9-20(18)28(32)33/h3-14H,1-2H3,(H,26,29)(H,27,30). The number of nitro benzene ring substituents is 1. The molecule has 0 atom stereocenters. The molecule has 0 aliphatic carbocycles. The van der Waals surface area contributed by atoms with Crippen molar-refractivity contribution in [2.75, 3.05) is 5.32 Å². The van der Waals surface area contributed by atoms with Gasteiger partial charge in [0.2, 0.25) is 0 Å². The number of para-hydroxylation sites is 2. The predicted molar refractivity (Wildman–Crippen MR) is 125 cm³/mol. The molecular formula is C24H20N4O6. The van der Waals surface area contributed by atoms with E-state index in [9.17, 15) is 24.5 Å². The number of carbonyl (C=O) groups excluding carboxylic acids is 3. The van der Waals surface area contributed by atoms with Gasteiger partial charge < -0.3 is 10.1 Å². The Hall–Kier alpha value is -4.86. The van der Waals surface area contributed by atoms with E-state index < -0.39 is 22.7 Å². The number of nitrogens with zero attached hydrogens (tertiary/aromatic N) is 2. The van der Waals surface area contributed by atoms with Gasteiger partial charge in [0, 0.05) is 17.3 Å². The topological polar surface area (TPSA) is 140 Å². The number of rotatable bonds is 6. The van der Waals surface area contributed by atoms with Crippen LogP contribution in [0.25, 0.3) is 0 Å². The summed E-state index contributed by atoms with van der Waals surface area (Å²) in [4.78, 5) is 47.2. The van der Waals surface area contributed by atoms with Gasteiger partial charge in [-0.15, -0.1) is 0 Å². The maximum Gasteiger partial charge on any atom is 0.350 e. The zero-order valence-electron chi connectivity index (χ0n) is 18.3. The number of nitro groups is 1. The SMILES string of the molecule is Cc1ccc(NC(=O)C(=O)NN=Cc2ccccc2OC(=O)c2ccccc2[N+](=O)[O-])c(C)c1. The van der Waals surface area contributed by atoms with Gasteiger partial charge in [-0.2, -0.15) is 5.10 Å². The van der Waals surface area contributed by atoms with Gasteiger partial charge in [0.05, 0.1) is 11.1 Å². The number of benzene rings is 3. The minimum Gasteiger partial charge on any atom is -0.422 e. The Balaban J connectivity index is 1.67. The summed E-state index contributed by atoms with van der Waals surface area (Å²) < 4.78 is 5.30. The minimum absolute atomic E-state index is 0.0587. The highest BCUT2D eigenvalue weighted by Gasteiger charge is 2.21. The van der Waals surface area contributed by atoms with Crippen molar-refractivity contribution in [1.29, 1.82) is 0 Å². The highest BCUT2D eigenvalue weighted by Crippen LogP contribution is 2.22. The molecule has 2 N–H and O–H groups in total. The normalized spacial score (nSPS) is 10.5. The van der Waals surface area contributed by atoms with Gasteiger partial charge in [0.25, 0.3) is 5.69 Å². The molecule has 34 heavy (non-hydrogen) atoms. The molecule has 172 valence electrons. The summed E-state index contributed by atoms with van der Waals surface area (Å²) in [6, 6.07) is 17.0. The summed E-state index contributed by atoms with van der Waals surface area (Å²) >= 11 is 0. The van der Waals surface area contributed by atoms with E-state index in [2.05, 4.69) is 15.8 Å². The van der Waals surface area contributed by atoms with E-state index in [-0.39, 0.29) is 17.0 Å². The predicted octanol–water partition coefficient (Wildman–Crippen LogP) is 3.52. The van der Waals surface area contributed by atoms with Gasteiger partial charge in [-0.05, 0) is 43.7 Å². The van der Waals surface area contributed by atoms with Crippen LogP contribution in [0.3, 0.4) is 0 Å². The molecule has 0 spiro atoms. The zero-order valence-corrected chi connectivity index (χ0v) is 18.3. The molecule has 3 aromatic rings. The Bertz CT molecular complexity index is 1300. The van der Waals surface area contributed by atoms with Crippen LogP contribution < -0.4 is 15.5 Å². The first-order valence-corrected chi connectivity index (χ1v) is 10.0. The Morgan fingerprint density at radius 2 is 1.68 bits per heavy atom. The fourth-order valence-corrected chi connectivity index (χ4v) is 2.98. The quantitative estimate of drug-likeness (QED) is 0.144. The van der Waals surface area contributed by atoms with E-state index in [4.69, 9.17) is 4.74 Å². The summed E-state index contributed by atoms with van der Waals surface area (Å²) in [6.45, 7) is 3.72. The van der Waals surface area contributed by atoms with Crippen molar-refractivity contribution in [2.45, 2.75) is 13.8 Å². The molecule has 0 saturated heterocycles. The van der Waals surface area contributed by atoms with E-state index in [0.717, 1.165) is 11.1 Å². The van der Waals surface area contributed by atoms with Crippen LogP contribution in [0, 0.1) is 24.0 Å². The lowest BCUT2D eigenvalue weighted by atomic mass is 10.1. The second-order valence-corrected chi connectivity index (χ2v) is 7.17. The number of nitrogens with one attached hydrogen (secondary N) is 2. The van der Waals surface area contributed by atoms with Crippen LogP contribution in [-0.2, 0) is 9.59 Å². The minimum atomic E-state index is -0.995. The molecule has 0 aliphatic heterocycles. The first kappa shape index (κ1) is 23.8. The summed E-state index contributed by atoms with van der Waals surface area (Å²) in [7, 11) is 0. The van der Waals surface area contributed by atoms with Crippen LogP contribution in [-0.4, -0.2) is 28.9 Å². The number of anilines is 1. The van der Waals surface area contributed by atoms with Crippen LogP contribution in [0.2, 0.25) is 0 Å². The van der Waals surface area contributed by atoms with Gasteiger partial charge in [0.1, 0.15) is 11.3 Å². The van der Waals surface area contributed by atoms with Crippen LogP contribution in [0.1, 0.15) is 27.0 Å². The molecule has 0 saturated carbocycles. The van der Waals surface area contributed by atoms with Crippen molar-refractivity contribution in [3.63, 3.8) is 0 Å². The summed E-state index contributed by atoms with van der Waals surface area (Å²) in [6.07, 6.45) is 1.18. The molecule has 0 heterocycles. The lowest BCUT2D eigenvalue weighted by Crippen LogP contribution is -2.32. The number of aryl methyl sites for hydroxylation is 2. The van der Waals surface area contributed by atoms with Crippen molar-refractivity contribution in [1.82, 2.24) is 5.43 Å². The Morgan fingerprint density at radius 1 is 0.971 bits per heavy atom. The molecule has 2 amide bonds. The molecular weight excluding hydrogens is 440 g/mol. The van der Waals surface area contributed by atoms with Gasteiger partial charge in [-0.3, -0.25) is 19.7 Å². The third-order valence-corrected chi connectivity index (χ3v) is 4.65. The molecule has 10 heteroatoms. The largest absolute Gasteiger partial charge is 0.422 e. The second kappa shape index (κ2) is 10.6. The Kier molecular flexibility index (Phi) is 7.45. The number of amides is 2. The number of hydrazone groups is 1. The first-order chi connectivity index (χ1) is 16.3. The van der Waals surface area contributed by atoms with Crippen LogP contribution in [0.15, 0.2) is 71.8 Å². The maximum atomic E-state index is 12.5. The fourth-order valence-electron chi connectivity index (χ4n) is 2.98. The summed E-state index contributed by atoms with van der Waals surface area (Å²) in [5.74, 6) is -2.76. The van der Waals surface area contributed by atoms with Crippen molar-refractivity contribution in [3.05, 3.63) is 99.1 Å². The average Bonchev–Trinajstić information content (AvgIpc) is 2.81. The third kappa shape index (κ3) is 5.88. The fraction of sp³-hybridized carbons (Fsp3) is 0.0833. The first-order valence-electron chi connectivity index (χ1n) is 10.0. The average molecular weight is 460 g/mol. The third-order valence-electron chi connectivity index (χ3n) is 4.65. The van der Waals surface area contributed by atoms with E-state index in [1.165, 1.54) is 36.5 Å². The van der Waals surface area contributed by atoms with Crippen molar-refractivity contribution in [3.8, 4) is 5.75 Å². The lowest BCUT2D eigenvalue weighted by Gasteiger charge is -2.08. The van der Waals surface area contributed by atoms with Crippen molar-refractivity contribution >= 4 is 35.4 Å². The summed E-state index contributed by atoms with van der Waals surface area (Å²) in [5.41, 5.74) is 4.13. The Labute approximate surface area is 194 Å². The van der Waals surface area contributed by atoms with Crippen LogP contribution in [0.5, 0.6) is 5.75 Å². The molecule has 0 radical (unpaired) electrons. The van der Waals surface area contributed by atoms with Crippen LogP contribution in [0.4, 0.5) is 11.4 Å². The van der Waals surface area contributed by atoms with Crippen molar-refractivity contribution in [2.24, 2.45) is 5.10 Å². The van der Waals surface area contributed by atoms with Gasteiger partial charge in [-0.25, -0.2) is 10.2 Å². The molecule has 10 nitrogen and oxygen atoms in total. The molecule has 0 aliphatic rings. The molecule has 0 unspecified atom stereocenters. The van der Waals surface area contributed by atoms with Gasteiger partial charge in [0.15, 0.2) is 0 Å². The monoisotopic (exact) mass is 460 g/mol. The lowest BCUT2D eigenvalue weighted by molar-refractivity contribution is -0.385. The number of hydrogen-bond acceptors (Lipinski definition) is 7. The second-order valence-electron chi connectivity index (χ2n) is 7.17. The highest BCUT2D eigenvalue weighted by molar-refractivity contribution is 6.39. The zero-order chi connectivity index (χ0) is 24.7.